The van der Waals surface area contributed by atoms with E-state index in [9.17, 15) is 22.0 Å². The summed E-state index contributed by atoms with van der Waals surface area (Å²) in [5.74, 6) is -4.23. The summed E-state index contributed by atoms with van der Waals surface area (Å²) >= 11 is 11.2. The van der Waals surface area contributed by atoms with Crippen LogP contribution in [0.15, 0.2) is 53.3 Å². The molecule has 12 heteroatoms. The van der Waals surface area contributed by atoms with E-state index in [2.05, 4.69) is 15.2 Å². The maximum absolute atomic E-state index is 14.5. The number of carbonyl (C=O) groups excluding carboxylic acids is 1. The van der Waals surface area contributed by atoms with E-state index in [1.165, 1.54) is 24.3 Å². The highest BCUT2D eigenvalue weighted by Gasteiger charge is 2.26. The molecule has 1 aromatic carbocycles. The molecule has 7 nitrogen and oxygen atoms in total. The Labute approximate surface area is 173 Å². The molecule has 3 aromatic rings. The molecule has 0 fully saturated rings. The summed E-state index contributed by atoms with van der Waals surface area (Å²) in [5.41, 5.74) is 0.268. The van der Waals surface area contributed by atoms with Gasteiger partial charge in [0.15, 0.2) is 15.7 Å². The van der Waals surface area contributed by atoms with Gasteiger partial charge >= 0.3 is 0 Å². The van der Waals surface area contributed by atoms with Gasteiger partial charge in [0, 0.05) is 12.5 Å². The number of pyridine rings is 1. The van der Waals surface area contributed by atoms with Gasteiger partial charge in [0.2, 0.25) is 17.5 Å². The fourth-order valence-corrected chi connectivity index (χ4v) is 3.23. The number of halogens is 4. The Morgan fingerprint density at radius 2 is 1.79 bits per heavy atom. The van der Waals surface area contributed by atoms with Gasteiger partial charge in [0.1, 0.15) is 5.69 Å². The Morgan fingerprint density at radius 3 is 2.34 bits per heavy atom. The fraction of sp³-hybridized carbons (Fsp3) is 0.0588. The van der Waals surface area contributed by atoms with Gasteiger partial charge in [-0.2, -0.15) is 8.78 Å². The van der Waals surface area contributed by atoms with Crippen molar-refractivity contribution < 1.29 is 22.0 Å². The zero-order valence-corrected chi connectivity index (χ0v) is 16.8. The van der Waals surface area contributed by atoms with E-state index in [1.54, 1.807) is 12.1 Å². The number of hydrogen-bond acceptors (Lipinski definition) is 6. The van der Waals surface area contributed by atoms with Gasteiger partial charge in [-0.15, -0.1) is 10.2 Å². The van der Waals surface area contributed by atoms with E-state index in [1.807, 2.05) is 0 Å². The average molecular weight is 459 g/mol. The monoisotopic (exact) mass is 458 g/mol. The zero-order chi connectivity index (χ0) is 21.3. The number of aromatic nitrogens is 4. The van der Waals surface area contributed by atoms with Crippen molar-refractivity contribution in [3.8, 4) is 17.2 Å². The van der Waals surface area contributed by atoms with Crippen LogP contribution in [0.2, 0.25) is 5.02 Å². The summed E-state index contributed by atoms with van der Waals surface area (Å²) in [6.45, 7) is 0. The number of carbonyl (C=O) groups is 1. The third-order valence-corrected chi connectivity index (χ3v) is 5.29. The number of para-hydroxylation sites is 1. The lowest BCUT2D eigenvalue weighted by atomic mass is 10.2. The number of allylic oxidation sites excluding steroid dienone is 1. The predicted molar refractivity (Wildman–Crippen MR) is 103 cm³/mol. The molecule has 0 aliphatic rings. The lowest BCUT2D eigenvalue weighted by molar-refractivity contribution is -0.109. The number of sulfone groups is 1. The van der Waals surface area contributed by atoms with Crippen molar-refractivity contribution in [3.05, 3.63) is 59.3 Å². The molecule has 2 heterocycles. The third-order valence-electron chi connectivity index (χ3n) is 3.71. The lowest BCUT2D eigenvalue weighted by Crippen LogP contribution is -2.05. The molecule has 29 heavy (non-hydrogen) atoms. The Kier molecular flexibility index (Phi) is 5.78. The summed E-state index contributed by atoms with van der Waals surface area (Å²) in [4.78, 5) is 15.0. The fourth-order valence-electron chi connectivity index (χ4n) is 2.37. The molecule has 0 saturated heterocycles. The zero-order valence-electron chi connectivity index (χ0n) is 14.5. The first-order valence-electron chi connectivity index (χ1n) is 7.73. The van der Waals surface area contributed by atoms with E-state index >= 15 is 0 Å². The van der Waals surface area contributed by atoms with Crippen molar-refractivity contribution in [2.45, 2.75) is 4.90 Å². The second kappa shape index (κ2) is 7.97. The molecule has 0 N–H and O–H groups in total. The molecule has 0 aliphatic carbocycles. The molecular formula is C17H10Cl2F2N4O3S. The van der Waals surface area contributed by atoms with Crippen molar-refractivity contribution in [1.29, 1.82) is 0 Å². The highest BCUT2D eigenvalue weighted by Crippen LogP contribution is 2.31. The van der Waals surface area contributed by atoms with E-state index in [0.717, 1.165) is 17.0 Å². The van der Waals surface area contributed by atoms with E-state index < -0.39 is 32.6 Å². The van der Waals surface area contributed by atoms with Crippen LogP contribution in [0.3, 0.4) is 0 Å². The molecule has 150 valence electrons. The quantitative estimate of drug-likeness (QED) is 0.426. The number of nitrogens with zero attached hydrogens (tertiary/aromatic N) is 4. The normalized spacial score (nSPS) is 12.6. The van der Waals surface area contributed by atoms with Gasteiger partial charge in [0.25, 0.3) is 5.24 Å². The smallest absolute Gasteiger partial charge is 0.273 e. The highest BCUT2D eigenvalue weighted by molar-refractivity contribution is 7.90. The second-order valence-electron chi connectivity index (χ2n) is 5.69. The third kappa shape index (κ3) is 4.19. The molecule has 0 saturated carbocycles. The van der Waals surface area contributed by atoms with Crippen LogP contribution in [-0.4, -0.2) is 39.7 Å². The van der Waals surface area contributed by atoms with Crippen LogP contribution in [0.5, 0.6) is 0 Å². The summed E-state index contributed by atoms with van der Waals surface area (Å²) in [6.07, 6.45) is 2.10. The Hall–Kier alpha value is -2.69. The summed E-state index contributed by atoms with van der Waals surface area (Å²) in [7, 11) is -3.50. The van der Waals surface area contributed by atoms with Gasteiger partial charge in [-0.25, -0.2) is 8.42 Å². The van der Waals surface area contributed by atoms with Gasteiger partial charge in [-0.05, 0) is 35.9 Å². The van der Waals surface area contributed by atoms with Gasteiger partial charge < -0.3 is 0 Å². The first kappa shape index (κ1) is 21.0. The van der Waals surface area contributed by atoms with E-state index in [4.69, 9.17) is 23.2 Å². The SMILES string of the molecule is CS(=O)(=O)c1ccc(-c2nnc(C(F)=C(F)C(=O)Cl)n2-c2ccccc2Cl)nc1. The average Bonchev–Trinajstić information content (AvgIpc) is 3.11. The van der Waals surface area contributed by atoms with Crippen LogP contribution >= 0.6 is 23.2 Å². The van der Waals surface area contributed by atoms with Gasteiger partial charge in [-0.1, -0.05) is 23.7 Å². The molecule has 2 aromatic heterocycles. The summed E-state index contributed by atoms with van der Waals surface area (Å²) in [6, 6.07) is 8.77. The molecule has 0 unspecified atom stereocenters. The van der Waals surface area contributed by atoms with Crippen LogP contribution in [0, 0.1) is 0 Å². The van der Waals surface area contributed by atoms with Crippen molar-refractivity contribution in [2.75, 3.05) is 6.26 Å². The lowest BCUT2D eigenvalue weighted by Gasteiger charge is -2.11. The van der Waals surface area contributed by atoms with Crippen LogP contribution in [0.25, 0.3) is 23.0 Å². The summed E-state index contributed by atoms with van der Waals surface area (Å²) < 4.78 is 52.6. The Balaban J connectivity index is 2.28. The largest absolute Gasteiger partial charge is 0.284 e. The minimum atomic E-state index is -3.50. The minimum Gasteiger partial charge on any atom is -0.273 e. The van der Waals surface area contributed by atoms with Crippen LogP contribution in [0.1, 0.15) is 5.82 Å². The number of benzene rings is 1. The van der Waals surface area contributed by atoms with Crippen molar-refractivity contribution >= 4 is 44.1 Å². The molecule has 3 rings (SSSR count). The van der Waals surface area contributed by atoms with Crippen molar-refractivity contribution in [3.63, 3.8) is 0 Å². The predicted octanol–water partition coefficient (Wildman–Crippen LogP) is 3.76. The molecule has 0 atom stereocenters. The van der Waals surface area contributed by atoms with E-state index in [-0.39, 0.29) is 27.1 Å². The highest BCUT2D eigenvalue weighted by atomic mass is 35.5. The van der Waals surface area contributed by atoms with Crippen molar-refractivity contribution in [2.24, 2.45) is 0 Å². The topological polar surface area (TPSA) is 94.8 Å². The van der Waals surface area contributed by atoms with E-state index in [0.29, 0.717) is 0 Å². The molecular weight excluding hydrogens is 449 g/mol. The molecule has 0 spiro atoms. The van der Waals surface area contributed by atoms with Crippen LogP contribution in [0.4, 0.5) is 8.78 Å². The molecule has 0 amide bonds. The standard InChI is InChI=1S/C17H10Cl2F2N4O3S/c1-29(27,28)9-6-7-11(22-8-9)16-23-24-17(14(21)13(20)15(19)26)25(16)12-5-3-2-4-10(12)18/h2-8H,1H3. The minimum absolute atomic E-state index is 0.0462. The number of hydrogen-bond donors (Lipinski definition) is 0. The Bertz CT molecular complexity index is 1240. The van der Waals surface area contributed by atoms with Gasteiger partial charge in [0.05, 0.1) is 15.6 Å². The first-order chi connectivity index (χ1) is 13.6. The molecule has 0 bridgehead atoms. The maximum atomic E-state index is 14.5. The summed E-state index contributed by atoms with van der Waals surface area (Å²) in [5, 5.41) is 5.90. The molecule has 0 aliphatic heterocycles. The first-order valence-corrected chi connectivity index (χ1v) is 10.4. The van der Waals surface area contributed by atoms with Crippen LogP contribution < -0.4 is 0 Å². The Morgan fingerprint density at radius 1 is 1.10 bits per heavy atom. The second-order valence-corrected chi connectivity index (χ2v) is 8.45. The maximum Gasteiger partial charge on any atom is 0.284 e. The number of rotatable bonds is 5. The van der Waals surface area contributed by atoms with Crippen LogP contribution in [-0.2, 0) is 14.6 Å². The molecule has 0 radical (unpaired) electrons. The van der Waals surface area contributed by atoms with Gasteiger partial charge in [-0.3, -0.25) is 14.3 Å². The van der Waals surface area contributed by atoms with Crippen molar-refractivity contribution in [1.82, 2.24) is 19.7 Å².